The van der Waals surface area contributed by atoms with Crippen LogP contribution in [-0.4, -0.2) is 12.1 Å². The van der Waals surface area contributed by atoms with Crippen LogP contribution in [0.1, 0.15) is 26.7 Å². The van der Waals surface area contributed by atoms with Crippen LogP contribution >= 0.6 is 21.8 Å². The quantitative estimate of drug-likeness (QED) is 0.697. The summed E-state index contributed by atoms with van der Waals surface area (Å²) in [5.74, 6) is 1.61. The summed E-state index contributed by atoms with van der Waals surface area (Å²) < 4.78 is 5.72. The Labute approximate surface area is 132 Å². The maximum Gasteiger partial charge on any atom is 0.424 e. The highest BCUT2D eigenvalue weighted by molar-refractivity contribution is 7.31. The number of thiophene rings is 2. The highest BCUT2D eigenvalue weighted by Crippen LogP contribution is 2.41. The van der Waals surface area contributed by atoms with E-state index in [4.69, 9.17) is 4.74 Å². The average molecular weight is 322 g/mol. The van der Waals surface area contributed by atoms with Gasteiger partial charge in [-0.25, -0.2) is 4.79 Å². The molecule has 3 rings (SSSR count). The predicted molar refractivity (Wildman–Crippen MR) is 89.6 cm³/mol. The van der Waals surface area contributed by atoms with E-state index in [1.54, 1.807) is 11.3 Å². The SMILES string of the molecule is CCC[s+]1cccc1OC(=O)N(c1cccs1)C1CC1C. The van der Waals surface area contributed by atoms with E-state index in [0.717, 1.165) is 28.7 Å². The molecule has 1 amide bonds. The third-order valence-corrected chi connectivity index (χ3v) is 6.62. The molecule has 0 aromatic carbocycles. The van der Waals surface area contributed by atoms with Gasteiger partial charge in [0, 0.05) is 22.6 Å². The maximum atomic E-state index is 12.6. The van der Waals surface area contributed by atoms with Crippen molar-refractivity contribution in [2.45, 2.75) is 38.5 Å². The second kappa shape index (κ2) is 6.20. The zero-order valence-electron chi connectivity index (χ0n) is 12.3. The first-order valence-electron chi connectivity index (χ1n) is 7.33. The van der Waals surface area contributed by atoms with Gasteiger partial charge < -0.3 is 4.74 Å². The third kappa shape index (κ3) is 3.14. The summed E-state index contributed by atoms with van der Waals surface area (Å²) in [6.45, 7) is 4.33. The van der Waals surface area contributed by atoms with E-state index in [9.17, 15) is 4.79 Å². The van der Waals surface area contributed by atoms with E-state index in [2.05, 4.69) is 19.2 Å². The van der Waals surface area contributed by atoms with Crippen molar-refractivity contribution in [2.75, 3.05) is 4.90 Å². The topological polar surface area (TPSA) is 29.5 Å². The summed E-state index contributed by atoms with van der Waals surface area (Å²) in [7, 11) is -0.0364. The number of ether oxygens (including phenoxy) is 1. The first-order valence-corrected chi connectivity index (χ1v) is 9.67. The van der Waals surface area contributed by atoms with Gasteiger partial charge in [-0.3, -0.25) is 4.90 Å². The van der Waals surface area contributed by atoms with Gasteiger partial charge in [-0.05, 0) is 42.3 Å². The summed E-state index contributed by atoms with van der Waals surface area (Å²) in [5.41, 5.74) is 0. The van der Waals surface area contributed by atoms with Gasteiger partial charge in [0.25, 0.3) is 0 Å². The molecule has 1 aliphatic rings. The first-order chi connectivity index (χ1) is 10.2. The number of rotatable bonds is 5. The Morgan fingerprint density at radius 3 is 2.90 bits per heavy atom. The molecule has 0 saturated heterocycles. The Bertz CT molecular complexity index is 606. The second-order valence-electron chi connectivity index (χ2n) is 5.42. The van der Waals surface area contributed by atoms with Crippen LogP contribution in [0.25, 0.3) is 0 Å². The Morgan fingerprint density at radius 1 is 1.48 bits per heavy atom. The van der Waals surface area contributed by atoms with Crippen LogP contribution in [0.15, 0.2) is 35.0 Å². The van der Waals surface area contributed by atoms with E-state index >= 15 is 0 Å². The monoisotopic (exact) mass is 322 g/mol. The molecular weight excluding hydrogens is 302 g/mol. The van der Waals surface area contributed by atoms with E-state index in [1.165, 1.54) is 0 Å². The number of nitrogens with zero attached hydrogens (tertiary/aromatic N) is 1. The molecule has 2 heterocycles. The average Bonchev–Trinajstić information content (AvgIpc) is 2.87. The molecule has 2 aromatic rings. The fourth-order valence-electron chi connectivity index (χ4n) is 2.44. The zero-order chi connectivity index (χ0) is 14.8. The van der Waals surface area contributed by atoms with Crippen molar-refractivity contribution in [1.82, 2.24) is 0 Å². The highest BCUT2D eigenvalue weighted by Gasteiger charge is 2.43. The van der Waals surface area contributed by atoms with Gasteiger partial charge in [-0.2, -0.15) is 0 Å². The van der Waals surface area contributed by atoms with Crippen LogP contribution in [0.2, 0.25) is 0 Å². The van der Waals surface area contributed by atoms with Gasteiger partial charge in [0.2, 0.25) is 0 Å². The lowest BCUT2D eigenvalue weighted by molar-refractivity contribution is 0.208. The first kappa shape index (κ1) is 14.6. The van der Waals surface area contributed by atoms with Crippen molar-refractivity contribution in [2.24, 2.45) is 5.92 Å². The highest BCUT2D eigenvalue weighted by atomic mass is 32.2. The van der Waals surface area contributed by atoms with Crippen LogP contribution in [0.4, 0.5) is 9.80 Å². The lowest BCUT2D eigenvalue weighted by Gasteiger charge is -2.19. The number of anilines is 1. The number of hydrogen-bond donors (Lipinski definition) is 0. The van der Waals surface area contributed by atoms with Crippen molar-refractivity contribution >= 4 is 32.9 Å². The fraction of sp³-hybridized carbons (Fsp3) is 0.438. The molecule has 21 heavy (non-hydrogen) atoms. The standard InChI is InChI=1S/C16H20NO2S2/c1-3-9-21-10-5-7-15(21)19-16(18)17(13-11-12(13)2)14-6-4-8-20-14/h4-8,10,12-13H,3,9,11H2,1-2H3/q+1. The van der Waals surface area contributed by atoms with Crippen LogP contribution in [-0.2, 0) is 5.75 Å². The van der Waals surface area contributed by atoms with Crippen LogP contribution in [0, 0.1) is 5.92 Å². The number of carbonyl (C=O) groups excluding carboxylic acids is 1. The molecule has 3 nitrogen and oxygen atoms in total. The third-order valence-electron chi connectivity index (χ3n) is 3.68. The van der Waals surface area contributed by atoms with E-state index in [0.29, 0.717) is 12.0 Å². The van der Waals surface area contributed by atoms with Crippen molar-refractivity contribution < 1.29 is 9.53 Å². The minimum absolute atomic E-state index is 0.0364. The molecule has 1 saturated carbocycles. The summed E-state index contributed by atoms with van der Waals surface area (Å²) in [5, 5.41) is 5.94. The lowest BCUT2D eigenvalue weighted by Crippen LogP contribution is -2.35. The van der Waals surface area contributed by atoms with E-state index in [-0.39, 0.29) is 16.6 Å². The van der Waals surface area contributed by atoms with Crippen molar-refractivity contribution in [3.8, 4) is 5.06 Å². The smallest absolute Gasteiger partial charge is 0.363 e. The molecule has 112 valence electrons. The summed E-state index contributed by atoms with van der Waals surface area (Å²) in [4.78, 5) is 14.5. The molecule has 5 heteroatoms. The minimum atomic E-state index is -0.227. The molecule has 0 aliphatic heterocycles. The Morgan fingerprint density at radius 2 is 2.29 bits per heavy atom. The summed E-state index contributed by atoms with van der Waals surface area (Å²) in [6.07, 6.45) is 1.93. The summed E-state index contributed by atoms with van der Waals surface area (Å²) >= 11 is 1.59. The van der Waals surface area contributed by atoms with Crippen molar-refractivity contribution in [3.05, 3.63) is 35.0 Å². The maximum absolute atomic E-state index is 12.6. The number of carbonyl (C=O) groups is 1. The van der Waals surface area contributed by atoms with Gasteiger partial charge in [-0.15, -0.1) is 11.3 Å². The molecule has 1 aliphatic carbocycles. The molecule has 3 unspecified atom stereocenters. The predicted octanol–water partition coefficient (Wildman–Crippen LogP) is 5.32. The molecule has 3 atom stereocenters. The normalized spacial score (nSPS) is 21.1. The minimum Gasteiger partial charge on any atom is -0.363 e. The molecule has 0 spiro atoms. The van der Waals surface area contributed by atoms with Gasteiger partial charge in [-0.1, -0.05) is 13.8 Å². The van der Waals surface area contributed by atoms with Gasteiger partial charge in [0.15, 0.2) is 0 Å². The molecule has 2 aromatic heterocycles. The number of aryl methyl sites for hydroxylation is 1. The largest absolute Gasteiger partial charge is 0.424 e. The summed E-state index contributed by atoms with van der Waals surface area (Å²) in [6, 6.07) is 8.19. The Kier molecular flexibility index (Phi) is 4.31. The van der Waals surface area contributed by atoms with Crippen LogP contribution in [0.5, 0.6) is 5.06 Å². The molecule has 0 bridgehead atoms. The van der Waals surface area contributed by atoms with Gasteiger partial charge in [0.1, 0.15) is 16.1 Å². The lowest BCUT2D eigenvalue weighted by atomic mass is 10.4. The molecule has 1 fully saturated rings. The van der Waals surface area contributed by atoms with Crippen molar-refractivity contribution in [1.29, 1.82) is 0 Å². The second-order valence-corrected chi connectivity index (χ2v) is 8.28. The van der Waals surface area contributed by atoms with Crippen LogP contribution in [0.3, 0.4) is 0 Å². The fourth-order valence-corrected chi connectivity index (χ4v) is 4.82. The van der Waals surface area contributed by atoms with Gasteiger partial charge >= 0.3 is 11.2 Å². The number of hydrogen-bond acceptors (Lipinski definition) is 3. The molecule has 0 radical (unpaired) electrons. The van der Waals surface area contributed by atoms with E-state index in [1.807, 2.05) is 34.5 Å². The Hall–Kier alpha value is -1.33. The molecular formula is C16H20NO2S2+. The van der Waals surface area contributed by atoms with Crippen LogP contribution < -0.4 is 9.64 Å². The molecule has 0 N–H and O–H groups in total. The van der Waals surface area contributed by atoms with Crippen molar-refractivity contribution in [3.63, 3.8) is 0 Å². The van der Waals surface area contributed by atoms with E-state index < -0.39 is 0 Å². The number of amides is 1. The Balaban J connectivity index is 1.77. The van der Waals surface area contributed by atoms with Gasteiger partial charge in [0.05, 0.1) is 0 Å². The zero-order valence-corrected chi connectivity index (χ0v) is 14.0.